The van der Waals surface area contributed by atoms with Gasteiger partial charge in [0.15, 0.2) is 0 Å². The molecule has 1 aliphatic rings. The predicted molar refractivity (Wildman–Crippen MR) is 66.8 cm³/mol. The quantitative estimate of drug-likeness (QED) is 0.819. The number of nitrogens with one attached hydrogen (secondary N) is 1. The number of aliphatic hydroxyl groups excluding tert-OH is 1. The van der Waals surface area contributed by atoms with Crippen molar-refractivity contribution in [3.05, 3.63) is 30.3 Å². The first-order valence-corrected chi connectivity index (χ1v) is 5.99. The number of anilines is 1. The number of nitrogens with zero attached hydrogens (tertiary/aromatic N) is 1. The van der Waals surface area contributed by atoms with Gasteiger partial charge in [-0.3, -0.25) is 9.69 Å². The van der Waals surface area contributed by atoms with Crippen LogP contribution < -0.4 is 5.32 Å². The van der Waals surface area contributed by atoms with Crippen molar-refractivity contribution in [2.75, 3.05) is 25.0 Å². The van der Waals surface area contributed by atoms with Gasteiger partial charge in [-0.25, -0.2) is 0 Å². The molecule has 0 saturated carbocycles. The van der Waals surface area contributed by atoms with Crippen LogP contribution in [0.5, 0.6) is 0 Å². The van der Waals surface area contributed by atoms with Gasteiger partial charge in [-0.1, -0.05) is 18.2 Å². The van der Waals surface area contributed by atoms with Gasteiger partial charge in [-0.05, 0) is 31.5 Å². The van der Waals surface area contributed by atoms with Crippen molar-refractivity contribution in [3.63, 3.8) is 0 Å². The Morgan fingerprint density at radius 2 is 2.18 bits per heavy atom. The summed E-state index contributed by atoms with van der Waals surface area (Å²) in [5, 5.41) is 12.0. The zero-order valence-electron chi connectivity index (χ0n) is 9.80. The first-order valence-electron chi connectivity index (χ1n) is 5.99. The lowest BCUT2D eigenvalue weighted by molar-refractivity contribution is -0.117. The van der Waals surface area contributed by atoms with Crippen LogP contribution in [-0.2, 0) is 4.79 Å². The molecule has 1 amide bonds. The number of rotatable bonds is 4. The average molecular weight is 234 g/mol. The van der Waals surface area contributed by atoms with Gasteiger partial charge < -0.3 is 10.4 Å². The molecular formula is C13H18N2O2. The molecule has 1 saturated heterocycles. The third kappa shape index (κ3) is 3.28. The molecule has 1 aromatic rings. The second-order valence-electron chi connectivity index (χ2n) is 4.36. The molecule has 0 aromatic heterocycles. The van der Waals surface area contributed by atoms with E-state index in [1.54, 1.807) is 0 Å². The highest BCUT2D eigenvalue weighted by atomic mass is 16.3. The van der Waals surface area contributed by atoms with Crippen LogP contribution in [0, 0.1) is 0 Å². The minimum absolute atomic E-state index is 0.0171. The van der Waals surface area contributed by atoms with Crippen molar-refractivity contribution < 1.29 is 9.90 Å². The number of aliphatic hydroxyl groups is 1. The van der Waals surface area contributed by atoms with Gasteiger partial charge in [0.2, 0.25) is 5.91 Å². The van der Waals surface area contributed by atoms with E-state index in [1.807, 2.05) is 35.2 Å². The Bertz CT molecular complexity index is 367. The van der Waals surface area contributed by atoms with Crippen molar-refractivity contribution in [2.24, 2.45) is 0 Å². The Morgan fingerprint density at radius 3 is 2.88 bits per heavy atom. The zero-order valence-corrected chi connectivity index (χ0v) is 9.80. The van der Waals surface area contributed by atoms with E-state index in [-0.39, 0.29) is 18.6 Å². The monoisotopic (exact) mass is 234 g/mol. The van der Waals surface area contributed by atoms with E-state index in [4.69, 9.17) is 5.11 Å². The molecule has 0 aliphatic carbocycles. The normalized spacial score (nSPS) is 20.4. The Labute approximate surface area is 101 Å². The van der Waals surface area contributed by atoms with Crippen molar-refractivity contribution in [3.8, 4) is 0 Å². The third-order valence-electron chi connectivity index (χ3n) is 3.11. The maximum Gasteiger partial charge on any atom is 0.238 e. The molecule has 2 N–H and O–H groups in total. The molecule has 1 aromatic carbocycles. The van der Waals surface area contributed by atoms with Crippen LogP contribution in [0.15, 0.2) is 30.3 Å². The number of likely N-dealkylation sites (tertiary alicyclic amines) is 1. The Balaban J connectivity index is 1.85. The van der Waals surface area contributed by atoms with Crippen LogP contribution >= 0.6 is 0 Å². The zero-order chi connectivity index (χ0) is 12.1. The van der Waals surface area contributed by atoms with Crippen LogP contribution in [0.1, 0.15) is 12.8 Å². The molecule has 17 heavy (non-hydrogen) atoms. The summed E-state index contributed by atoms with van der Waals surface area (Å²) in [7, 11) is 0. The fourth-order valence-corrected chi connectivity index (χ4v) is 2.22. The van der Waals surface area contributed by atoms with Crippen molar-refractivity contribution in [1.29, 1.82) is 0 Å². The highest BCUT2D eigenvalue weighted by molar-refractivity contribution is 5.92. The molecule has 1 aliphatic heterocycles. The molecule has 92 valence electrons. The Morgan fingerprint density at radius 1 is 1.41 bits per heavy atom. The standard InChI is InChI=1S/C13H18N2O2/c16-10-12-7-4-8-15(12)9-13(17)14-11-5-2-1-3-6-11/h1-3,5-6,12,16H,4,7-10H2,(H,14,17)/t12-/m0/s1. The van der Waals surface area contributed by atoms with Gasteiger partial charge in [0.25, 0.3) is 0 Å². The lowest BCUT2D eigenvalue weighted by atomic mass is 10.2. The van der Waals surface area contributed by atoms with E-state index < -0.39 is 0 Å². The molecule has 0 spiro atoms. The van der Waals surface area contributed by atoms with Gasteiger partial charge in [0, 0.05) is 11.7 Å². The van der Waals surface area contributed by atoms with Crippen LogP contribution in [-0.4, -0.2) is 41.7 Å². The minimum atomic E-state index is -0.0171. The highest BCUT2D eigenvalue weighted by Gasteiger charge is 2.25. The van der Waals surface area contributed by atoms with Crippen LogP contribution in [0.4, 0.5) is 5.69 Å². The first kappa shape index (κ1) is 12.1. The summed E-state index contributed by atoms with van der Waals surface area (Å²) in [5.41, 5.74) is 0.817. The first-order chi connectivity index (χ1) is 8.29. The van der Waals surface area contributed by atoms with E-state index in [1.165, 1.54) is 0 Å². The second-order valence-corrected chi connectivity index (χ2v) is 4.36. The fraction of sp³-hybridized carbons (Fsp3) is 0.462. The van der Waals surface area contributed by atoms with Gasteiger partial charge in [0.1, 0.15) is 0 Å². The summed E-state index contributed by atoms with van der Waals surface area (Å²) in [4.78, 5) is 13.8. The SMILES string of the molecule is O=C(CN1CCC[C@H]1CO)Nc1ccccc1. The third-order valence-corrected chi connectivity index (χ3v) is 3.11. The fourth-order valence-electron chi connectivity index (χ4n) is 2.22. The van der Waals surface area contributed by atoms with Crippen LogP contribution in [0.3, 0.4) is 0 Å². The van der Waals surface area contributed by atoms with Gasteiger partial charge in [-0.2, -0.15) is 0 Å². The van der Waals surface area contributed by atoms with Crippen LogP contribution in [0.25, 0.3) is 0 Å². The summed E-state index contributed by atoms with van der Waals surface area (Å²) in [6.45, 7) is 1.40. The maximum absolute atomic E-state index is 11.8. The Kier molecular flexibility index (Phi) is 4.12. The number of hydrogen-bond donors (Lipinski definition) is 2. The van der Waals surface area contributed by atoms with Crippen molar-refractivity contribution in [2.45, 2.75) is 18.9 Å². The highest BCUT2D eigenvalue weighted by Crippen LogP contribution is 2.16. The molecule has 0 radical (unpaired) electrons. The predicted octanol–water partition coefficient (Wildman–Crippen LogP) is 1.08. The number of hydrogen-bond acceptors (Lipinski definition) is 3. The molecule has 1 heterocycles. The van der Waals surface area contributed by atoms with Crippen molar-refractivity contribution in [1.82, 2.24) is 4.90 Å². The summed E-state index contributed by atoms with van der Waals surface area (Å²) in [6, 6.07) is 9.58. The van der Waals surface area contributed by atoms with E-state index >= 15 is 0 Å². The second kappa shape index (κ2) is 5.80. The molecule has 4 heteroatoms. The molecule has 4 nitrogen and oxygen atoms in total. The summed E-state index contributed by atoms with van der Waals surface area (Å²) < 4.78 is 0. The molecular weight excluding hydrogens is 216 g/mol. The molecule has 2 rings (SSSR count). The van der Waals surface area contributed by atoms with Crippen molar-refractivity contribution >= 4 is 11.6 Å². The topological polar surface area (TPSA) is 52.6 Å². The molecule has 0 bridgehead atoms. The lowest BCUT2D eigenvalue weighted by Crippen LogP contribution is -2.38. The van der Waals surface area contributed by atoms with E-state index in [0.717, 1.165) is 25.1 Å². The van der Waals surface area contributed by atoms with Gasteiger partial charge in [0.05, 0.1) is 13.2 Å². The van der Waals surface area contributed by atoms with E-state index in [9.17, 15) is 4.79 Å². The lowest BCUT2D eigenvalue weighted by Gasteiger charge is -2.21. The number of carbonyl (C=O) groups excluding carboxylic acids is 1. The van der Waals surface area contributed by atoms with E-state index in [2.05, 4.69) is 5.32 Å². The number of amides is 1. The molecule has 1 atom stereocenters. The summed E-state index contributed by atoms with van der Waals surface area (Å²) in [6.07, 6.45) is 2.04. The Hall–Kier alpha value is -1.39. The molecule has 0 unspecified atom stereocenters. The van der Waals surface area contributed by atoms with E-state index in [0.29, 0.717) is 6.54 Å². The van der Waals surface area contributed by atoms with Gasteiger partial charge >= 0.3 is 0 Å². The smallest absolute Gasteiger partial charge is 0.238 e. The molecule has 1 fully saturated rings. The summed E-state index contributed by atoms with van der Waals surface area (Å²) >= 11 is 0. The maximum atomic E-state index is 11.8. The number of para-hydroxylation sites is 1. The summed E-state index contributed by atoms with van der Waals surface area (Å²) in [5.74, 6) is -0.0171. The number of carbonyl (C=O) groups is 1. The largest absolute Gasteiger partial charge is 0.395 e. The van der Waals surface area contributed by atoms with Crippen LogP contribution in [0.2, 0.25) is 0 Å². The number of benzene rings is 1. The van der Waals surface area contributed by atoms with Gasteiger partial charge in [-0.15, -0.1) is 0 Å². The average Bonchev–Trinajstić information content (AvgIpc) is 2.77. The minimum Gasteiger partial charge on any atom is -0.395 e.